The topological polar surface area (TPSA) is 131 Å². The Hall–Kier alpha value is -3.74. The van der Waals surface area contributed by atoms with E-state index in [0.717, 1.165) is 12.3 Å². The van der Waals surface area contributed by atoms with Crippen molar-refractivity contribution in [3.63, 3.8) is 0 Å². The molecule has 1 fully saturated rings. The number of anilines is 1. The molecule has 1 saturated heterocycles. The van der Waals surface area contributed by atoms with Crippen LogP contribution in [0, 0.1) is 18.6 Å². The summed E-state index contributed by atoms with van der Waals surface area (Å²) < 4.78 is 61.9. The van der Waals surface area contributed by atoms with Crippen LogP contribution in [0.4, 0.5) is 14.5 Å². The van der Waals surface area contributed by atoms with Gasteiger partial charge in [0.15, 0.2) is 17.2 Å². The van der Waals surface area contributed by atoms with Gasteiger partial charge in [-0.3, -0.25) is 14.4 Å². The van der Waals surface area contributed by atoms with Gasteiger partial charge in [0.05, 0.1) is 12.3 Å². The molecule has 9 nitrogen and oxygen atoms in total. The minimum absolute atomic E-state index is 0.00697. The lowest BCUT2D eigenvalue weighted by atomic mass is 9.58. The number of nitrogens with one attached hydrogen (secondary N) is 3. The van der Waals surface area contributed by atoms with Crippen LogP contribution in [0.1, 0.15) is 54.5 Å². The highest BCUT2D eigenvalue weighted by Crippen LogP contribution is 2.59. The third-order valence-electron chi connectivity index (χ3n) is 7.93. The summed E-state index contributed by atoms with van der Waals surface area (Å²) in [5.41, 5.74) is -2.65. The Morgan fingerprint density at radius 3 is 2.41 bits per heavy atom. The highest BCUT2D eigenvalue weighted by atomic mass is 35.5. The third kappa shape index (κ3) is 5.39. The van der Waals surface area contributed by atoms with Gasteiger partial charge in [0, 0.05) is 39.2 Å². The second kappa shape index (κ2) is 11.0. The van der Waals surface area contributed by atoms with Crippen LogP contribution >= 0.6 is 23.2 Å². The second-order valence-electron chi connectivity index (χ2n) is 11.4. The van der Waals surface area contributed by atoms with Crippen LogP contribution in [-0.4, -0.2) is 38.0 Å². The van der Waals surface area contributed by atoms with Crippen LogP contribution in [0.3, 0.4) is 0 Å². The van der Waals surface area contributed by atoms with Crippen LogP contribution in [0.15, 0.2) is 48.5 Å². The first-order valence-corrected chi connectivity index (χ1v) is 16.0. The highest BCUT2D eigenvalue weighted by molar-refractivity contribution is 7.89. The van der Waals surface area contributed by atoms with Gasteiger partial charge < -0.3 is 15.4 Å². The lowest BCUT2D eigenvalue weighted by molar-refractivity contribution is -0.133. The van der Waals surface area contributed by atoms with Gasteiger partial charge in [-0.05, 0) is 68.3 Å². The van der Waals surface area contributed by atoms with Crippen molar-refractivity contribution in [2.45, 2.75) is 50.2 Å². The van der Waals surface area contributed by atoms with E-state index in [-0.39, 0.29) is 33.9 Å². The molecule has 0 bridgehead atoms. The zero-order chi connectivity index (χ0) is 32.4. The molecule has 2 aliphatic heterocycles. The van der Waals surface area contributed by atoms with Crippen molar-refractivity contribution in [2.75, 3.05) is 11.6 Å². The summed E-state index contributed by atoms with van der Waals surface area (Å²) in [6, 6.07) is 9.85. The summed E-state index contributed by atoms with van der Waals surface area (Å²) in [5.74, 6) is -5.70. The fourth-order valence-electron chi connectivity index (χ4n) is 6.01. The summed E-state index contributed by atoms with van der Waals surface area (Å²) in [6.45, 7) is 4.21. The van der Waals surface area contributed by atoms with Gasteiger partial charge in [0.2, 0.25) is 21.8 Å². The molecular formula is C30H27Cl2F2N3O6S. The Morgan fingerprint density at radius 1 is 1.07 bits per heavy atom. The van der Waals surface area contributed by atoms with Gasteiger partial charge in [-0.1, -0.05) is 35.3 Å². The predicted octanol–water partition coefficient (Wildman–Crippen LogP) is 5.05. The predicted molar refractivity (Wildman–Crippen MR) is 160 cm³/mol. The van der Waals surface area contributed by atoms with Gasteiger partial charge >= 0.3 is 0 Å². The largest absolute Gasteiger partial charge is 0.478 e. The summed E-state index contributed by atoms with van der Waals surface area (Å²) in [4.78, 5) is 40.6. The number of halogens is 4. The fraction of sp³-hybridized carbons (Fsp3) is 0.300. The zero-order valence-corrected chi connectivity index (χ0v) is 26.2. The number of hydrogen-bond donors (Lipinski definition) is 3. The molecule has 14 heteroatoms. The van der Waals surface area contributed by atoms with Gasteiger partial charge in [-0.25, -0.2) is 21.9 Å². The zero-order valence-electron chi connectivity index (χ0n) is 23.9. The molecule has 3 atom stereocenters. The lowest BCUT2D eigenvalue weighted by Crippen LogP contribution is -2.57. The standard InChI is InChI=1S/C30H27Cl2F2N3O6S/c1-14-5-9-20(33)25(34)24(14)26-30(18-8-6-16(32)12-21(18)35-28(30)40)19(13-23(38)36-26)17-11-15(31)7-10-22(17)43-29(2,3)27(39)37-44(4,41)42/h5-12,19,26H,13H2,1-4H3,(H,35,40)(H,36,38)(H,37,39)/t19-,26+,30-/m1/s1. The molecule has 1 spiro atoms. The van der Waals surface area contributed by atoms with Gasteiger partial charge in [0.25, 0.3) is 5.91 Å². The number of piperidine rings is 1. The van der Waals surface area contributed by atoms with E-state index >= 15 is 4.39 Å². The van der Waals surface area contributed by atoms with Crippen LogP contribution in [0.2, 0.25) is 10.0 Å². The van der Waals surface area contributed by atoms with Crippen LogP contribution in [0.5, 0.6) is 5.75 Å². The average molecular weight is 667 g/mol. The number of hydrogen-bond acceptors (Lipinski definition) is 6. The summed E-state index contributed by atoms with van der Waals surface area (Å²) in [6.07, 6.45) is 0.490. The van der Waals surface area contributed by atoms with E-state index in [1.807, 2.05) is 4.72 Å². The molecule has 3 N–H and O–H groups in total. The Balaban J connectivity index is 1.78. The average Bonchev–Trinajstić information content (AvgIpc) is 3.19. The van der Waals surface area contributed by atoms with Crippen LogP contribution in [0.25, 0.3) is 0 Å². The smallest absolute Gasteiger partial charge is 0.277 e. The first kappa shape index (κ1) is 31.7. The van der Waals surface area contributed by atoms with Gasteiger partial charge in [0.1, 0.15) is 11.2 Å². The molecule has 0 radical (unpaired) electrons. The summed E-state index contributed by atoms with van der Waals surface area (Å²) in [5, 5.41) is 6.02. The number of benzene rings is 3. The molecule has 3 aromatic carbocycles. The number of amides is 3. The molecule has 232 valence electrons. The maximum Gasteiger partial charge on any atom is 0.277 e. The summed E-state index contributed by atoms with van der Waals surface area (Å²) >= 11 is 12.7. The van der Waals surface area contributed by atoms with Gasteiger partial charge in [-0.2, -0.15) is 0 Å². The van der Waals surface area contributed by atoms with Crippen molar-refractivity contribution >= 4 is 56.6 Å². The Kier molecular flexibility index (Phi) is 7.92. The normalized spacial score (nSPS) is 21.5. The molecule has 2 aliphatic rings. The summed E-state index contributed by atoms with van der Waals surface area (Å²) in [7, 11) is -3.94. The molecule has 0 unspecified atom stereocenters. The van der Waals surface area contributed by atoms with E-state index in [1.54, 1.807) is 6.07 Å². The highest BCUT2D eigenvalue weighted by Gasteiger charge is 2.62. The maximum atomic E-state index is 15.7. The van der Waals surface area contributed by atoms with E-state index in [0.29, 0.717) is 16.3 Å². The number of carbonyl (C=O) groups is 3. The van der Waals surface area contributed by atoms with E-state index < -0.39 is 62.4 Å². The molecule has 0 aromatic heterocycles. The Bertz CT molecular complexity index is 1850. The number of rotatable bonds is 6. The Morgan fingerprint density at radius 2 is 1.73 bits per heavy atom. The van der Waals surface area contributed by atoms with Crippen molar-refractivity contribution < 1.29 is 36.3 Å². The van der Waals surface area contributed by atoms with Crippen molar-refractivity contribution in [2.24, 2.45) is 0 Å². The number of fused-ring (bicyclic) bond motifs is 2. The molecule has 0 saturated carbocycles. The van der Waals surface area contributed by atoms with Gasteiger partial charge in [-0.15, -0.1) is 0 Å². The number of ether oxygens (including phenoxy) is 1. The Labute approximate surface area is 262 Å². The SMILES string of the molecule is Cc1ccc(F)c(F)c1[C@@H]1NC(=O)C[C@H](c2cc(Cl)ccc2OC(C)(C)C(=O)NS(C)(=O)=O)[C@@]12C(=O)Nc1cc(Cl)ccc12. The molecule has 0 aliphatic carbocycles. The molecule has 3 aromatic rings. The van der Waals surface area contributed by atoms with Crippen molar-refractivity contribution in [1.29, 1.82) is 0 Å². The number of carbonyl (C=O) groups excluding carboxylic acids is 3. The molecule has 5 rings (SSSR count). The van der Waals surface area contributed by atoms with Crippen molar-refractivity contribution in [1.82, 2.24) is 10.0 Å². The van der Waals surface area contributed by atoms with E-state index in [4.69, 9.17) is 27.9 Å². The maximum absolute atomic E-state index is 15.7. The number of aryl methyl sites for hydroxylation is 1. The van der Waals surface area contributed by atoms with Crippen LogP contribution < -0.4 is 20.1 Å². The van der Waals surface area contributed by atoms with E-state index in [2.05, 4.69) is 10.6 Å². The van der Waals surface area contributed by atoms with Crippen molar-refractivity contribution in [3.05, 3.63) is 92.5 Å². The van der Waals surface area contributed by atoms with E-state index in [1.165, 1.54) is 57.2 Å². The lowest BCUT2D eigenvalue weighted by Gasteiger charge is -2.47. The van der Waals surface area contributed by atoms with Crippen molar-refractivity contribution in [3.8, 4) is 5.75 Å². The number of sulfonamides is 1. The monoisotopic (exact) mass is 665 g/mol. The van der Waals surface area contributed by atoms with Crippen LogP contribution in [-0.2, 0) is 29.8 Å². The first-order chi connectivity index (χ1) is 20.5. The second-order valence-corrected chi connectivity index (χ2v) is 14.0. The minimum Gasteiger partial charge on any atom is -0.478 e. The van der Waals surface area contributed by atoms with E-state index in [9.17, 15) is 27.2 Å². The molecule has 3 amide bonds. The molecule has 2 heterocycles. The minimum atomic E-state index is -3.94. The quantitative estimate of drug-likeness (QED) is 0.338. The third-order valence-corrected chi connectivity index (χ3v) is 8.95. The first-order valence-electron chi connectivity index (χ1n) is 13.3. The molecular weight excluding hydrogens is 639 g/mol. The fourth-order valence-corrected chi connectivity index (χ4v) is 6.95. The molecule has 44 heavy (non-hydrogen) atoms.